The van der Waals surface area contributed by atoms with Crippen LogP contribution in [0.5, 0.6) is 0 Å². The van der Waals surface area contributed by atoms with Gasteiger partial charge in [0.25, 0.3) is 5.91 Å². The first-order valence-electron chi connectivity index (χ1n) is 7.98. The van der Waals surface area contributed by atoms with Gasteiger partial charge in [0.2, 0.25) is 10.0 Å². The van der Waals surface area contributed by atoms with Gasteiger partial charge in [-0.05, 0) is 25.1 Å². The molecule has 9 heteroatoms. The third-order valence-corrected chi connectivity index (χ3v) is 5.30. The van der Waals surface area contributed by atoms with Crippen molar-refractivity contribution < 1.29 is 27.5 Å². The van der Waals surface area contributed by atoms with Crippen LogP contribution in [-0.4, -0.2) is 57.5 Å². The van der Waals surface area contributed by atoms with Crippen molar-refractivity contribution in [2.24, 2.45) is 0 Å². The van der Waals surface area contributed by atoms with Crippen molar-refractivity contribution in [3.05, 3.63) is 24.3 Å². The Kier molecular flexibility index (Phi) is 8.53. The normalized spacial score (nSPS) is 11.4. The van der Waals surface area contributed by atoms with Gasteiger partial charge in [0.1, 0.15) is 6.61 Å². The van der Waals surface area contributed by atoms with Crippen LogP contribution in [0.2, 0.25) is 0 Å². The molecule has 25 heavy (non-hydrogen) atoms. The van der Waals surface area contributed by atoms with E-state index in [1.807, 2.05) is 0 Å². The third kappa shape index (κ3) is 6.45. The second kappa shape index (κ2) is 10.1. The highest BCUT2D eigenvalue weighted by molar-refractivity contribution is 7.89. The number of nitrogens with zero attached hydrogens (tertiary/aromatic N) is 1. The van der Waals surface area contributed by atoms with E-state index in [1.165, 1.54) is 22.5 Å². The number of hydrogen-bond donors (Lipinski definition) is 1. The maximum atomic E-state index is 12.5. The van der Waals surface area contributed by atoms with Gasteiger partial charge in [0.15, 0.2) is 6.61 Å². The maximum Gasteiger partial charge on any atom is 0.332 e. The summed E-state index contributed by atoms with van der Waals surface area (Å²) in [5.74, 6) is -1.21. The van der Waals surface area contributed by atoms with E-state index in [1.54, 1.807) is 26.8 Å². The molecule has 1 aromatic rings. The Morgan fingerprint density at radius 1 is 1.12 bits per heavy atom. The number of amides is 1. The molecule has 0 spiro atoms. The SMILES string of the molecule is CCOCC(=O)OCC(=O)Nc1cccc(S(=O)(=O)N(CC)CC)c1. The van der Waals surface area contributed by atoms with Gasteiger partial charge in [0.05, 0.1) is 4.90 Å². The lowest BCUT2D eigenvalue weighted by Crippen LogP contribution is -2.30. The average Bonchev–Trinajstić information content (AvgIpc) is 2.59. The highest BCUT2D eigenvalue weighted by Gasteiger charge is 2.21. The van der Waals surface area contributed by atoms with Crippen LogP contribution in [-0.2, 0) is 29.1 Å². The van der Waals surface area contributed by atoms with Crippen LogP contribution in [0, 0.1) is 0 Å². The van der Waals surface area contributed by atoms with Crippen LogP contribution in [0.25, 0.3) is 0 Å². The first-order valence-corrected chi connectivity index (χ1v) is 9.42. The zero-order valence-corrected chi connectivity index (χ0v) is 15.5. The first kappa shape index (κ1) is 21.1. The van der Waals surface area contributed by atoms with Gasteiger partial charge in [-0.2, -0.15) is 4.31 Å². The Bertz CT molecular complexity index is 686. The van der Waals surface area contributed by atoms with E-state index in [0.717, 1.165) is 0 Å². The number of carbonyl (C=O) groups excluding carboxylic acids is 2. The van der Waals surface area contributed by atoms with Gasteiger partial charge >= 0.3 is 5.97 Å². The van der Waals surface area contributed by atoms with Gasteiger partial charge in [-0.15, -0.1) is 0 Å². The van der Waals surface area contributed by atoms with Crippen LogP contribution in [0.4, 0.5) is 5.69 Å². The zero-order valence-electron chi connectivity index (χ0n) is 14.6. The number of hydrogen-bond acceptors (Lipinski definition) is 6. The third-order valence-electron chi connectivity index (χ3n) is 3.25. The number of rotatable bonds is 10. The predicted molar refractivity (Wildman–Crippen MR) is 92.6 cm³/mol. The maximum absolute atomic E-state index is 12.5. The lowest BCUT2D eigenvalue weighted by Gasteiger charge is -2.18. The minimum Gasteiger partial charge on any atom is -0.454 e. The molecule has 1 N–H and O–H groups in total. The molecule has 8 nitrogen and oxygen atoms in total. The molecule has 1 amide bonds. The van der Waals surface area contributed by atoms with Gasteiger partial charge in [-0.25, -0.2) is 13.2 Å². The summed E-state index contributed by atoms with van der Waals surface area (Å²) in [5, 5.41) is 2.50. The summed E-state index contributed by atoms with van der Waals surface area (Å²) in [5.41, 5.74) is 0.305. The van der Waals surface area contributed by atoms with Crippen molar-refractivity contribution in [2.45, 2.75) is 25.7 Å². The van der Waals surface area contributed by atoms with Crippen LogP contribution in [0.15, 0.2) is 29.2 Å². The Balaban J connectivity index is 2.72. The Labute approximate surface area is 148 Å². The van der Waals surface area contributed by atoms with Crippen molar-refractivity contribution in [1.82, 2.24) is 4.31 Å². The molecule has 0 aliphatic carbocycles. The van der Waals surface area contributed by atoms with E-state index >= 15 is 0 Å². The molecule has 0 saturated heterocycles. The van der Waals surface area contributed by atoms with Gasteiger partial charge in [0, 0.05) is 25.4 Å². The average molecular weight is 372 g/mol. The van der Waals surface area contributed by atoms with Crippen LogP contribution in [0.1, 0.15) is 20.8 Å². The lowest BCUT2D eigenvalue weighted by atomic mass is 10.3. The molecular weight excluding hydrogens is 348 g/mol. The minimum absolute atomic E-state index is 0.0855. The number of nitrogens with one attached hydrogen (secondary N) is 1. The van der Waals surface area contributed by atoms with Crippen molar-refractivity contribution >= 4 is 27.6 Å². The summed E-state index contributed by atoms with van der Waals surface area (Å²) >= 11 is 0. The largest absolute Gasteiger partial charge is 0.454 e. The number of anilines is 1. The lowest BCUT2D eigenvalue weighted by molar-refractivity contribution is -0.151. The summed E-state index contributed by atoms with van der Waals surface area (Å²) < 4.78 is 35.9. The molecule has 0 aliphatic heterocycles. The van der Waals surface area contributed by atoms with E-state index in [0.29, 0.717) is 25.4 Å². The van der Waals surface area contributed by atoms with Gasteiger partial charge in [-0.1, -0.05) is 19.9 Å². The summed E-state index contributed by atoms with van der Waals surface area (Å²) in [6.07, 6.45) is 0. The molecule has 0 saturated carbocycles. The fraction of sp³-hybridized carbons (Fsp3) is 0.500. The van der Waals surface area contributed by atoms with E-state index < -0.39 is 28.5 Å². The summed E-state index contributed by atoms with van der Waals surface area (Å²) in [4.78, 5) is 23.2. The Hall–Kier alpha value is -1.97. The summed E-state index contributed by atoms with van der Waals surface area (Å²) in [6, 6.07) is 5.92. The molecule has 0 radical (unpaired) electrons. The fourth-order valence-corrected chi connectivity index (χ4v) is 3.52. The molecule has 1 aromatic carbocycles. The molecule has 0 atom stereocenters. The molecule has 0 aromatic heterocycles. The van der Waals surface area contributed by atoms with E-state index in [9.17, 15) is 18.0 Å². The smallest absolute Gasteiger partial charge is 0.332 e. The molecule has 0 fully saturated rings. The highest BCUT2D eigenvalue weighted by atomic mass is 32.2. The molecule has 0 unspecified atom stereocenters. The summed E-state index contributed by atoms with van der Waals surface area (Å²) in [6.45, 7) is 5.62. The van der Waals surface area contributed by atoms with Crippen LogP contribution in [0.3, 0.4) is 0 Å². The number of esters is 1. The monoisotopic (exact) mass is 372 g/mol. The number of benzene rings is 1. The molecule has 140 valence electrons. The van der Waals surface area contributed by atoms with E-state index in [-0.39, 0.29) is 11.5 Å². The molecular formula is C16H24N2O6S. The van der Waals surface area contributed by atoms with E-state index in [4.69, 9.17) is 9.47 Å². The first-order chi connectivity index (χ1) is 11.8. The minimum atomic E-state index is -3.62. The highest BCUT2D eigenvalue weighted by Crippen LogP contribution is 2.19. The number of ether oxygens (including phenoxy) is 2. The van der Waals surface area contributed by atoms with Gasteiger partial charge < -0.3 is 14.8 Å². The van der Waals surface area contributed by atoms with E-state index in [2.05, 4.69) is 5.32 Å². The van der Waals surface area contributed by atoms with Crippen LogP contribution >= 0.6 is 0 Å². The fourth-order valence-electron chi connectivity index (χ4n) is 2.02. The standard InChI is InChI=1S/C16H24N2O6S/c1-4-18(5-2)25(21,22)14-9-7-8-13(10-14)17-15(19)11-24-16(20)12-23-6-3/h7-10H,4-6,11-12H2,1-3H3,(H,17,19). The van der Waals surface area contributed by atoms with Gasteiger partial charge in [-0.3, -0.25) is 4.79 Å². The van der Waals surface area contributed by atoms with Crippen molar-refractivity contribution in [1.29, 1.82) is 0 Å². The zero-order chi connectivity index (χ0) is 18.9. The molecule has 0 heterocycles. The molecule has 0 bridgehead atoms. The Morgan fingerprint density at radius 2 is 1.80 bits per heavy atom. The Morgan fingerprint density at radius 3 is 2.40 bits per heavy atom. The number of sulfonamides is 1. The van der Waals surface area contributed by atoms with Crippen molar-refractivity contribution in [2.75, 3.05) is 38.2 Å². The predicted octanol–water partition coefficient (Wildman–Crippen LogP) is 1.24. The van der Waals surface area contributed by atoms with Crippen molar-refractivity contribution in [3.8, 4) is 0 Å². The topological polar surface area (TPSA) is 102 Å². The number of carbonyl (C=O) groups is 2. The second-order valence-corrected chi connectivity index (χ2v) is 6.90. The quantitative estimate of drug-likeness (QED) is 0.620. The van der Waals surface area contributed by atoms with Crippen LogP contribution < -0.4 is 5.32 Å². The van der Waals surface area contributed by atoms with Crippen molar-refractivity contribution in [3.63, 3.8) is 0 Å². The molecule has 1 rings (SSSR count). The summed E-state index contributed by atoms with van der Waals surface area (Å²) in [7, 11) is -3.62. The molecule has 0 aliphatic rings. The second-order valence-electron chi connectivity index (χ2n) is 4.96.